The van der Waals surface area contributed by atoms with Gasteiger partial charge in [-0.1, -0.05) is 97.1 Å². The molecule has 0 bridgehead atoms. The minimum atomic E-state index is 0.955. The number of fused-ring (bicyclic) bond motifs is 3. The summed E-state index contributed by atoms with van der Waals surface area (Å²) < 4.78 is 0. The molecule has 0 saturated heterocycles. The van der Waals surface area contributed by atoms with Crippen molar-refractivity contribution in [3.8, 4) is 0 Å². The van der Waals surface area contributed by atoms with E-state index in [1.165, 1.54) is 28.4 Å². The number of anilines is 1. The predicted octanol–water partition coefficient (Wildman–Crippen LogP) is 7.00. The number of nitrogens with zero attached hydrogens (tertiary/aromatic N) is 3. The van der Waals surface area contributed by atoms with Crippen LogP contribution >= 0.6 is 0 Å². The molecule has 0 saturated carbocycles. The second-order valence-corrected chi connectivity index (χ2v) is 7.58. The molecule has 0 unspecified atom stereocenters. The monoisotopic (exact) mass is 457 g/mol. The average molecular weight is 458 g/mol. The molecule has 172 valence electrons. The van der Waals surface area contributed by atoms with Gasteiger partial charge in [0.2, 0.25) is 0 Å². The van der Waals surface area contributed by atoms with Crippen LogP contribution in [0.1, 0.15) is 5.56 Å². The van der Waals surface area contributed by atoms with E-state index in [1.54, 1.807) is 18.5 Å². The highest BCUT2D eigenvalue weighted by molar-refractivity contribution is 5.82. The van der Waals surface area contributed by atoms with Crippen molar-refractivity contribution in [1.29, 1.82) is 0 Å². The number of hydrogen-bond donors (Lipinski definition) is 2. The van der Waals surface area contributed by atoms with Crippen molar-refractivity contribution in [1.82, 2.24) is 20.2 Å². The van der Waals surface area contributed by atoms with E-state index in [2.05, 4.69) is 104 Å². The van der Waals surface area contributed by atoms with Crippen LogP contribution in [0.15, 0.2) is 134 Å². The van der Waals surface area contributed by atoms with E-state index >= 15 is 0 Å². The van der Waals surface area contributed by atoms with Gasteiger partial charge in [0.05, 0.1) is 11.7 Å². The number of nitrogens with one attached hydrogen (secondary N) is 2. The van der Waals surface area contributed by atoms with Crippen LogP contribution in [-0.2, 0) is 0 Å². The Labute approximate surface area is 205 Å². The van der Waals surface area contributed by atoms with Crippen LogP contribution in [0.3, 0.4) is 0 Å². The Kier molecular flexibility index (Phi) is 8.73. The second kappa shape index (κ2) is 13.1. The van der Waals surface area contributed by atoms with Crippen LogP contribution in [-0.4, -0.2) is 26.7 Å². The fourth-order valence-corrected chi connectivity index (χ4v) is 3.43. The standard InChI is InChI=1S/C10H8.C9H9N.C7H6N2.C4H4N2/c1-2-6-10-8-4-3-7-9(10)5-1;1-2-6-9-8(4-1)5-3-7-10-9;1-2-4-7-6(3-1)5-8-9-7;1-2-5-4-6-3-1/h1-8H;1-6,10H,7H2;1-5H,(H,8,9);1-4H. The lowest BCUT2D eigenvalue weighted by molar-refractivity contribution is 1.12. The average Bonchev–Trinajstić information content (AvgIpc) is 3.44. The summed E-state index contributed by atoms with van der Waals surface area (Å²) >= 11 is 0. The fourth-order valence-electron chi connectivity index (χ4n) is 3.43. The predicted molar refractivity (Wildman–Crippen MR) is 146 cm³/mol. The summed E-state index contributed by atoms with van der Waals surface area (Å²) in [6.07, 6.45) is 11.0. The molecule has 2 aromatic heterocycles. The van der Waals surface area contributed by atoms with Gasteiger partial charge in [-0.15, -0.1) is 0 Å². The van der Waals surface area contributed by atoms with E-state index < -0.39 is 0 Å². The zero-order chi connectivity index (χ0) is 24.0. The summed E-state index contributed by atoms with van der Waals surface area (Å²) in [5, 5.41) is 13.8. The van der Waals surface area contributed by atoms with Crippen molar-refractivity contribution in [2.24, 2.45) is 0 Å². The third-order valence-electron chi connectivity index (χ3n) is 5.15. The molecule has 5 nitrogen and oxygen atoms in total. The first-order chi connectivity index (χ1) is 17.4. The smallest absolute Gasteiger partial charge is 0.115 e. The molecule has 0 aliphatic carbocycles. The molecule has 0 atom stereocenters. The highest BCUT2D eigenvalue weighted by Crippen LogP contribution is 2.18. The van der Waals surface area contributed by atoms with Crippen molar-refractivity contribution in [2.45, 2.75) is 0 Å². The quantitative estimate of drug-likeness (QED) is 0.258. The minimum Gasteiger partial charge on any atom is -0.381 e. The highest BCUT2D eigenvalue weighted by Gasteiger charge is 1.98. The summed E-state index contributed by atoms with van der Waals surface area (Å²) in [5.74, 6) is 0. The number of para-hydroxylation sites is 2. The molecule has 2 N–H and O–H groups in total. The number of aromatic nitrogens is 4. The molecule has 1 aliphatic heterocycles. The summed E-state index contributed by atoms with van der Waals surface area (Å²) in [6, 6.07) is 34.8. The van der Waals surface area contributed by atoms with E-state index in [9.17, 15) is 0 Å². The SMILES string of the molecule is C1=Cc2ccccc2NC1.c1ccc2[nH]ncc2c1.c1ccc2ccccc2c1.c1cncnc1. The normalized spacial score (nSPS) is 10.9. The first-order valence-electron chi connectivity index (χ1n) is 11.4. The lowest BCUT2D eigenvalue weighted by atomic mass is 10.1. The topological polar surface area (TPSA) is 66.5 Å². The van der Waals surface area contributed by atoms with Gasteiger partial charge in [0.1, 0.15) is 6.33 Å². The molecule has 1 aliphatic rings. The van der Waals surface area contributed by atoms with Gasteiger partial charge in [0, 0.05) is 30.0 Å². The Morgan fingerprint density at radius 1 is 0.600 bits per heavy atom. The highest BCUT2D eigenvalue weighted by atomic mass is 15.1. The zero-order valence-corrected chi connectivity index (χ0v) is 19.3. The molecular formula is C30H27N5. The van der Waals surface area contributed by atoms with E-state index in [4.69, 9.17) is 0 Å². The maximum atomic E-state index is 3.88. The van der Waals surface area contributed by atoms with E-state index in [0.29, 0.717) is 0 Å². The molecule has 0 radical (unpaired) electrons. The Balaban J connectivity index is 0.000000112. The Morgan fingerprint density at radius 2 is 1.20 bits per heavy atom. The first kappa shape index (κ1) is 23.4. The third-order valence-corrected chi connectivity index (χ3v) is 5.15. The van der Waals surface area contributed by atoms with Crippen LogP contribution in [0.25, 0.3) is 27.8 Å². The lowest BCUT2D eigenvalue weighted by Crippen LogP contribution is -2.03. The Morgan fingerprint density at radius 3 is 1.77 bits per heavy atom. The molecule has 3 heterocycles. The van der Waals surface area contributed by atoms with Crippen molar-refractivity contribution in [2.75, 3.05) is 11.9 Å². The van der Waals surface area contributed by atoms with E-state index in [-0.39, 0.29) is 0 Å². The van der Waals surface area contributed by atoms with Crippen molar-refractivity contribution in [3.63, 3.8) is 0 Å². The maximum absolute atomic E-state index is 3.88. The van der Waals surface area contributed by atoms with Crippen molar-refractivity contribution < 1.29 is 0 Å². The molecule has 5 heteroatoms. The summed E-state index contributed by atoms with van der Waals surface area (Å²) in [6.45, 7) is 0.955. The van der Waals surface area contributed by atoms with Crippen LogP contribution < -0.4 is 5.32 Å². The largest absolute Gasteiger partial charge is 0.381 e. The van der Waals surface area contributed by atoms with Gasteiger partial charge < -0.3 is 5.32 Å². The van der Waals surface area contributed by atoms with Gasteiger partial charge in [-0.2, -0.15) is 5.10 Å². The first-order valence-corrected chi connectivity index (χ1v) is 11.4. The van der Waals surface area contributed by atoms with E-state index in [1.807, 2.05) is 36.5 Å². The number of aromatic amines is 1. The van der Waals surface area contributed by atoms with Crippen LogP contribution in [0.5, 0.6) is 0 Å². The Bertz CT molecular complexity index is 1340. The summed E-state index contributed by atoms with van der Waals surface area (Å²) in [5.41, 5.74) is 3.62. The van der Waals surface area contributed by atoms with Gasteiger partial charge in [-0.05, 0) is 34.5 Å². The molecule has 4 aromatic carbocycles. The molecule has 0 spiro atoms. The number of hydrogen-bond acceptors (Lipinski definition) is 4. The van der Waals surface area contributed by atoms with Gasteiger partial charge in [-0.3, -0.25) is 5.10 Å². The van der Waals surface area contributed by atoms with E-state index in [0.717, 1.165) is 17.4 Å². The molecule has 6 aromatic rings. The molecule has 0 amide bonds. The van der Waals surface area contributed by atoms with Crippen LogP contribution in [0, 0.1) is 0 Å². The van der Waals surface area contributed by atoms with Gasteiger partial charge in [0.15, 0.2) is 0 Å². The summed E-state index contributed by atoms with van der Waals surface area (Å²) in [7, 11) is 0. The molecule has 7 rings (SSSR count). The van der Waals surface area contributed by atoms with Crippen LogP contribution in [0.4, 0.5) is 5.69 Å². The fraction of sp³-hybridized carbons (Fsp3) is 0.0333. The van der Waals surface area contributed by atoms with Crippen LogP contribution in [0.2, 0.25) is 0 Å². The lowest BCUT2D eigenvalue weighted by Gasteiger charge is -2.11. The molecule has 0 fully saturated rings. The number of rotatable bonds is 0. The van der Waals surface area contributed by atoms with Gasteiger partial charge >= 0.3 is 0 Å². The Hall–Kier alpha value is -4.77. The van der Waals surface area contributed by atoms with Crippen molar-refractivity contribution in [3.05, 3.63) is 140 Å². The third kappa shape index (κ3) is 7.37. The number of H-pyrrole nitrogens is 1. The maximum Gasteiger partial charge on any atom is 0.115 e. The molecule has 35 heavy (non-hydrogen) atoms. The van der Waals surface area contributed by atoms with Gasteiger partial charge in [-0.25, -0.2) is 9.97 Å². The minimum absolute atomic E-state index is 0.955. The van der Waals surface area contributed by atoms with Crippen molar-refractivity contribution >= 4 is 33.4 Å². The molecular weight excluding hydrogens is 430 g/mol. The summed E-state index contributed by atoms with van der Waals surface area (Å²) in [4.78, 5) is 7.35. The second-order valence-electron chi connectivity index (χ2n) is 7.58. The van der Waals surface area contributed by atoms with Gasteiger partial charge in [0.25, 0.3) is 0 Å². The zero-order valence-electron chi connectivity index (χ0n) is 19.3. The number of benzene rings is 4.